The molecular formula is C16H18N4O4S. The van der Waals surface area contributed by atoms with Gasteiger partial charge in [0.15, 0.2) is 0 Å². The van der Waals surface area contributed by atoms with Crippen LogP contribution < -0.4 is 11.1 Å². The molecule has 25 heavy (non-hydrogen) atoms. The van der Waals surface area contributed by atoms with Crippen LogP contribution in [0.25, 0.3) is 10.6 Å². The van der Waals surface area contributed by atoms with Gasteiger partial charge in [0.25, 0.3) is 0 Å². The maximum absolute atomic E-state index is 10.9. The Morgan fingerprint density at radius 3 is 3.04 bits per heavy atom. The van der Waals surface area contributed by atoms with Crippen LogP contribution in [0.5, 0.6) is 0 Å². The molecule has 132 valence electrons. The maximum Gasteiger partial charge on any atom is 0.243 e. The summed E-state index contributed by atoms with van der Waals surface area (Å²) >= 11 is 1.63. The van der Waals surface area contributed by atoms with E-state index in [-0.39, 0.29) is 31.0 Å². The van der Waals surface area contributed by atoms with Crippen LogP contribution in [0.2, 0.25) is 0 Å². The number of nitrogens with two attached hydrogens (primary N) is 1. The van der Waals surface area contributed by atoms with Crippen molar-refractivity contribution in [2.45, 2.75) is 24.4 Å². The molecule has 0 unspecified atom stereocenters. The first kappa shape index (κ1) is 16.4. The van der Waals surface area contributed by atoms with Gasteiger partial charge in [-0.05, 0) is 17.5 Å². The molecule has 8 nitrogen and oxygen atoms in total. The van der Waals surface area contributed by atoms with Crippen molar-refractivity contribution in [2.24, 2.45) is 5.73 Å². The summed E-state index contributed by atoms with van der Waals surface area (Å²) in [7, 11) is 0. The molecule has 2 aromatic heterocycles. The van der Waals surface area contributed by atoms with Crippen molar-refractivity contribution in [3.8, 4) is 10.6 Å². The van der Waals surface area contributed by atoms with Crippen molar-refractivity contribution >= 4 is 23.2 Å². The number of aromatic nitrogens is 2. The molecule has 4 rings (SSSR count). The average molecular weight is 362 g/mol. The van der Waals surface area contributed by atoms with Gasteiger partial charge < -0.3 is 25.3 Å². The number of hydrogen-bond acceptors (Lipinski definition) is 8. The lowest BCUT2D eigenvalue weighted by Crippen LogP contribution is -2.37. The van der Waals surface area contributed by atoms with Crippen LogP contribution in [0.15, 0.2) is 29.8 Å². The number of carbonyl (C=O) groups excluding carboxylic acids is 1. The lowest BCUT2D eigenvalue weighted by Gasteiger charge is -2.17. The van der Waals surface area contributed by atoms with E-state index < -0.39 is 5.91 Å². The Hall–Kier alpha value is -2.07. The van der Waals surface area contributed by atoms with E-state index in [2.05, 4.69) is 15.3 Å². The highest BCUT2D eigenvalue weighted by Crippen LogP contribution is 2.30. The topological polar surface area (TPSA) is 109 Å². The van der Waals surface area contributed by atoms with Gasteiger partial charge in [0.05, 0.1) is 29.8 Å². The fraction of sp³-hybridized carbons (Fsp3) is 0.438. The first-order valence-corrected chi connectivity index (χ1v) is 8.85. The van der Waals surface area contributed by atoms with E-state index in [1.54, 1.807) is 17.5 Å². The standard InChI is InChI=1S/C16H18N4O4S/c17-13(21)8-22-11-7-24-14-10(6-23-15(11)14)20-16-18-4-3-9(19-16)12-2-1-5-25-12/h1-5,10-11,14-15H,6-8H2,(H2,17,21)(H,18,19,20)/t10-,11+,14+,15+/m0/s1. The molecule has 2 fully saturated rings. The fourth-order valence-corrected chi connectivity index (χ4v) is 3.77. The molecule has 4 atom stereocenters. The Kier molecular flexibility index (Phi) is 4.62. The SMILES string of the molecule is NC(=O)CO[C@@H]1CO[C@H]2[C@@H]1OC[C@@H]2Nc1nccc(-c2cccs2)n1. The number of anilines is 1. The molecule has 0 radical (unpaired) electrons. The van der Waals surface area contributed by atoms with E-state index >= 15 is 0 Å². The third kappa shape index (κ3) is 3.49. The largest absolute Gasteiger partial charge is 0.370 e. The molecule has 9 heteroatoms. The van der Waals surface area contributed by atoms with E-state index in [0.29, 0.717) is 19.2 Å². The molecule has 0 bridgehead atoms. The van der Waals surface area contributed by atoms with Gasteiger partial charge in [-0.3, -0.25) is 4.79 Å². The number of amides is 1. The third-order valence-corrected chi connectivity index (χ3v) is 5.08. The molecule has 2 saturated heterocycles. The fourth-order valence-electron chi connectivity index (χ4n) is 3.08. The van der Waals surface area contributed by atoms with Crippen LogP contribution in [0.4, 0.5) is 5.95 Å². The number of fused-ring (bicyclic) bond motifs is 1. The molecule has 1 amide bonds. The Bertz CT molecular complexity index is 741. The van der Waals surface area contributed by atoms with Crippen molar-refractivity contribution in [1.82, 2.24) is 9.97 Å². The maximum atomic E-state index is 10.9. The summed E-state index contributed by atoms with van der Waals surface area (Å²) in [4.78, 5) is 20.8. The van der Waals surface area contributed by atoms with Gasteiger partial charge in [-0.1, -0.05) is 6.07 Å². The van der Waals surface area contributed by atoms with Gasteiger partial charge in [0.1, 0.15) is 24.9 Å². The van der Waals surface area contributed by atoms with Gasteiger partial charge in [0, 0.05) is 6.20 Å². The minimum atomic E-state index is -0.505. The minimum Gasteiger partial charge on any atom is -0.370 e. The lowest BCUT2D eigenvalue weighted by molar-refractivity contribution is -0.126. The number of nitrogens with zero attached hydrogens (tertiary/aromatic N) is 2. The molecule has 0 spiro atoms. The van der Waals surface area contributed by atoms with Crippen LogP contribution in [-0.2, 0) is 19.0 Å². The van der Waals surface area contributed by atoms with Crippen LogP contribution in [-0.4, -0.2) is 60.0 Å². The average Bonchev–Trinajstić information content (AvgIpc) is 3.33. The summed E-state index contributed by atoms with van der Waals surface area (Å²) in [5.41, 5.74) is 5.99. The van der Waals surface area contributed by atoms with Crippen molar-refractivity contribution in [2.75, 3.05) is 25.1 Å². The highest BCUT2D eigenvalue weighted by molar-refractivity contribution is 7.13. The Labute approximate surface area is 148 Å². The van der Waals surface area contributed by atoms with Crippen molar-refractivity contribution in [3.05, 3.63) is 29.8 Å². The third-order valence-electron chi connectivity index (χ3n) is 4.19. The number of nitrogens with one attached hydrogen (secondary N) is 1. The van der Waals surface area contributed by atoms with Crippen molar-refractivity contribution in [1.29, 1.82) is 0 Å². The number of rotatable bonds is 6. The second-order valence-corrected chi connectivity index (χ2v) is 6.85. The van der Waals surface area contributed by atoms with Crippen LogP contribution >= 0.6 is 11.3 Å². The van der Waals surface area contributed by atoms with E-state index in [4.69, 9.17) is 19.9 Å². The number of primary amides is 1. The number of thiophene rings is 1. The highest BCUT2D eigenvalue weighted by atomic mass is 32.1. The molecule has 0 saturated carbocycles. The second-order valence-electron chi connectivity index (χ2n) is 5.91. The minimum absolute atomic E-state index is 0.0780. The zero-order valence-electron chi connectivity index (χ0n) is 13.3. The molecule has 2 aromatic rings. The van der Waals surface area contributed by atoms with E-state index in [9.17, 15) is 4.79 Å². The first-order chi connectivity index (χ1) is 12.2. The second kappa shape index (κ2) is 7.04. The molecule has 0 aliphatic carbocycles. The van der Waals surface area contributed by atoms with Crippen LogP contribution in [0.3, 0.4) is 0 Å². The number of ether oxygens (including phenoxy) is 3. The molecule has 2 aliphatic heterocycles. The van der Waals surface area contributed by atoms with Gasteiger partial charge in [-0.15, -0.1) is 11.3 Å². The summed E-state index contributed by atoms with van der Waals surface area (Å²) in [5.74, 6) is 0.0279. The molecule has 3 N–H and O–H groups in total. The summed E-state index contributed by atoms with van der Waals surface area (Å²) in [6.07, 6.45) is 1.04. The van der Waals surface area contributed by atoms with Crippen LogP contribution in [0, 0.1) is 0 Å². The zero-order chi connectivity index (χ0) is 17.2. The smallest absolute Gasteiger partial charge is 0.243 e. The highest BCUT2D eigenvalue weighted by Gasteiger charge is 2.48. The summed E-state index contributed by atoms with van der Waals surface area (Å²) in [5, 5.41) is 5.30. The summed E-state index contributed by atoms with van der Waals surface area (Å²) < 4.78 is 17.0. The zero-order valence-corrected chi connectivity index (χ0v) is 14.1. The Morgan fingerprint density at radius 2 is 2.24 bits per heavy atom. The Morgan fingerprint density at radius 1 is 1.36 bits per heavy atom. The summed E-state index contributed by atoms with van der Waals surface area (Å²) in [6.45, 7) is 0.694. The quantitative estimate of drug-likeness (QED) is 0.777. The monoisotopic (exact) mass is 362 g/mol. The normalized spacial score (nSPS) is 28.0. The molecular weight excluding hydrogens is 344 g/mol. The van der Waals surface area contributed by atoms with E-state index in [1.165, 1.54) is 0 Å². The van der Waals surface area contributed by atoms with Gasteiger partial charge >= 0.3 is 0 Å². The number of hydrogen-bond donors (Lipinski definition) is 2. The van der Waals surface area contributed by atoms with Crippen molar-refractivity contribution in [3.63, 3.8) is 0 Å². The molecule has 2 aliphatic rings. The van der Waals surface area contributed by atoms with Crippen molar-refractivity contribution < 1.29 is 19.0 Å². The van der Waals surface area contributed by atoms with E-state index in [0.717, 1.165) is 10.6 Å². The lowest BCUT2D eigenvalue weighted by atomic mass is 10.1. The molecule has 4 heterocycles. The van der Waals surface area contributed by atoms with Gasteiger partial charge in [-0.2, -0.15) is 0 Å². The molecule has 0 aromatic carbocycles. The number of carbonyl (C=O) groups is 1. The van der Waals surface area contributed by atoms with Gasteiger partial charge in [-0.25, -0.2) is 9.97 Å². The van der Waals surface area contributed by atoms with E-state index in [1.807, 2.05) is 23.6 Å². The Balaban J connectivity index is 1.41. The van der Waals surface area contributed by atoms with Crippen LogP contribution in [0.1, 0.15) is 0 Å². The predicted molar refractivity (Wildman–Crippen MR) is 91.2 cm³/mol. The first-order valence-electron chi connectivity index (χ1n) is 7.97. The predicted octanol–water partition coefficient (Wildman–Crippen LogP) is 0.654. The van der Waals surface area contributed by atoms with Gasteiger partial charge in [0.2, 0.25) is 11.9 Å². The summed E-state index contributed by atoms with van der Waals surface area (Å²) in [6, 6.07) is 5.81.